The molecule has 1 unspecified atom stereocenters. The Morgan fingerprint density at radius 3 is 2.22 bits per heavy atom. The molecular formula is C15H30O2Si. The van der Waals surface area contributed by atoms with Crippen LogP contribution in [0.2, 0.25) is 18.1 Å². The Morgan fingerprint density at radius 2 is 1.78 bits per heavy atom. The highest BCUT2D eigenvalue weighted by molar-refractivity contribution is 6.74. The van der Waals surface area contributed by atoms with Crippen LogP contribution in [-0.4, -0.2) is 27.6 Å². The molecule has 0 saturated heterocycles. The summed E-state index contributed by atoms with van der Waals surface area (Å²) >= 11 is 0. The van der Waals surface area contributed by atoms with Gasteiger partial charge in [0.15, 0.2) is 8.32 Å². The maximum absolute atomic E-state index is 6.34. The largest absolute Gasteiger partial charge is 0.411 e. The lowest BCUT2D eigenvalue weighted by Crippen LogP contribution is -2.45. The van der Waals surface area contributed by atoms with Gasteiger partial charge >= 0.3 is 0 Å². The summed E-state index contributed by atoms with van der Waals surface area (Å²) < 4.78 is 12.0. The van der Waals surface area contributed by atoms with Crippen LogP contribution < -0.4 is 0 Å². The second-order valence-corrected chi connectivity index (χ2v) is 10.9. The van der Waals surface area contributed by atoms with Crippen LogP contribution >= 0.6 is 0 Å². The molecule has 0 spiro atoms. The monoisotopic (exact) mass is 270 g/mol. The molecule has 2 nitrogen and oxygen atoms in total. The topological polar surface area (TPSA) is 18.5 Å². The molecular weight excluding hydrogens is 240 g/mol. The maximum atomic E-state index is 6.34. The van der Waals surface area contributed by atoms with Gasteiger partial charge < -0.3 is 9.16 Å². The van der Waals surface area contributed by atoms with Gasteiger partial charge in [-0.1, -0.05) is 32.9 Å². The van der Waals surface area contributed by atoms with Gasteiger partial charge in [0, 0.05) is 0 Å². The highest BCUT2D eigenvalue weighted by atomic mass is 28.4. The highest BCUT2D eigenvalue weighted by Gasteiger charge is 2.38. The Labute approximate surface area is 114 Å². The van der Waals surface area contributed by atoms with Crippen molar-refractivity contribution in [3.63, 3.8) is 0 Å². The van der Waals surface area contributed by atoms with Crippen molar-refractivity contribution in [1.29, 1.82) is 0 Å². The van der Waals surface area contributed by atoms with Crippen molar-refractivity contribution in [1.82, 2.24) is 0 Å². The van der Waals surface area contributed by atoms with Gasteiger partial charge in [0.05, 0.1) is 19.3 Å². The van der Waals surface area contributed by atoms with E-state index in [1.165, 1.54) is 0 Å². The van der Waals surface area contributed by atoms with Gasteiger partial charge in [-0.05, 0) is 31.0 Å². The zero-order valence-electron chi connectivity index (χ0n) is 12.8. The molecule has 0 amide bonds. The number of rotatable bonds is 9. The third kappa shape index (κ3) is 6.52. The molecule has 0 aromatic rings. The van der Waals surface area contributed by atoms with Crippen molar-refractivity contribution < 1.29 is 9.16 Å². The van der Waals surface area contributed by atoms with E-state index in [9.17, 15) is 0 Å². The van der Waals surface area contributed by atoms with E-state index in [0.717, 1.165) is 19.4 Å². The van der Waals surface area contributed by atoms with Gasteiger partial charge in [0.25, 0.3) is 0 Å². The SMILES string of the molecule is C=CCCOCC(CC=C)O[Si](C)(C)C(C)(C)C. The minimum atomic E-state index is -1.72. The van der Waals surface area contributed by atoms with Gasteiger partial charge in [-0.2, -0.15) is 0 Å². The molecule has 0 aliphatic carbocycles. The van der Waals surface area contributed by atoms with Crippen molar-refractivity contribution >= 4 is 8.32 Å². The van der Waals surface area contributed by atoms with Crippen molar-refractivity contribution in [3.8, 4) is 0 Å². The van der Waals surface area contributed by atoms with E-state index in [4.69, 9.17) is 9.16 Å². The molecule has 3 heteroatoms. The van der Waals surface area contributed by atoms with Crippen LogP contribution in [0.4, 0.5) is 0 Å². The first-order chi connectivity index (χ1) is 8.24. The van der Waals surface area contributed by atoms with Gasteiger partial charge in [0.1, 0.15) is 0 Å². The molecule has 0 radical (unpaired) electrons. The van der Waals surface area contributed by atoms with E-state index >= 15 is 0 Å². The lowest BCUT2D eigenvalue weighted by atomic mass is 10.2. The van der Waals surface area contributed by atoms with Crippen molar-refractivity contribution in [2.45, 2.75) is 57.8 Å². The number of hydrogen-bond donors (Lipinski definition) is 0. The van der Waals surface area contributed by atoms with Crippen molar-refractivity contribution in [2.24, 2.45) is 0 Å². The Kier molecular flexibility index (Phi) is 7.75. The summed E-state index contributed by atoms with van der Waals surface area (Å²) in [6.07, 6.45) is 5.65. The van der Waals surface area contributed by atoms with E-state index in [-0.39, 0.29) is 11.1 Å². The third-order valence-electron chi connectivity index (χ3n) is 3.47. The van der Waals surface area contributed by atoms with Crippen LogP contribution in [0, 0.1) is 0 Å². The van der Waals surface area contributed by atoms with Crippen LogP contribution in [0.5, 0.6) is 0 Å². The van der Waals surface area contributed by atoms with E-state index < -0.39 is 8.32 Å². The standard InChI is InChI=1S/C15H30O2Si/c1-8-10-12-16-13-14(11-9-2)17-18(6,7)15(3,4)5/h8-9,14H,1-2,10-13H2,3-7H3. The second kappa shape index (κ2) is 7.92. The normalized spacial score (nSPS) is 14.3. The first kappa shape index (κ1) is 17.6. The Balaban J connectivity index is 4.33. The minimum absolute atomic E-state index is 0.133. The third-order valence-corrected chi connectivity index (χ3v) is 8.00. The summed E-state index contributed by atoms with van der Waals surface area (Å²) in [6, 6.07) is 0. The summed E-state index contributed by atoms with van der Waals surface area (Å²) in [6.45, 7) is 20.2. The molecule has 0 rings (SSSR count). The van der Waals surface area contributed by atoms with Gasteiger partial charge in [-0.3, -0.25) is 0 Å². The van der Waals surface area contributed by atoms with Crippen LogP contribution in [0.1, 0.15) is 33.6 Å². The van der Waals surface area contributed by atoms with Crippen molar-refractivity contribution in [3.05, 3.63) is 25.3 Å². The summed E-state index contributed by atoms with van der Waals surface area (Å²) in [4.78, 5) is 0. The molecule has 1 atom stereocenters. The summed E-state index contributed by atoms with van der Waals surface area (Å²) in [5.74, 6) is 0. The van der Waals surface area contributed by atoms with Gasteiger partial charge in [-0.25, -0.2) is 0 Å². The fourth-order valence-corrected chi connectivity index (χ4v) is 2.66. The fourth-order valence-electron chi connectivity index (χ4n) is 1.31. The second-order valence-electron chi connectivity index (χ2n) is 6.18. The van der Waals surface area contributed by atoms with Gasteiger partial charge in [0.2, 0.25) is 0 Å². The first-order valence-electron chi connectivity index (χ1n) is 6.72. The minimum Gasteiger partial charge on any atom is -0.411 e. The molecule has 0 aliphatic heterocycles. The lowest BCUT2D eigenvalue weighted by Gasteiger charge is -2.39. The summed E-state index contributed by atoms with van der Waals surface area (Å²) in [5.41, 5.74) is 0. The molecule has 0 bridgehead atoms. The molecule has 0 aromatic carbocycles. The van der Waals surface area contributed by atoms with Crippen LogP contribution in [-0.2, 0) is 9.16 Å². The van der Waals surface area contributed by atoms with Crippen LogP contribution in [0.25, 0.3) is 0 Å². The summed E-state index contributed by atoms with van der Waals surface area (Å²) in [7, 11) is -1.72. The molecule has 18 heavy (non-hydrogen) atoms. The fraction of sp³-hybridized carbons (Fsp3) is 0.733. The Hall–Kier alpha value is -0.383. The van der Waals surface area contributed by atoms with E-state index in [2.05, 4.69) is 47.0 Å². The first-order valence-corrected chi connectivity index (χ1v) is 9.62. The molecule has 106 valence electrons. The predicted octanol–water partition coefficient (Wildman–Crippen LogP) is 4.55. The van der Waals surface area contributed by atoms with Crippen LogP contribution in [0.15, 0.2) is 25.3 Å². The molecule has 0 aliphatic rings. The zero-order chi connectivity index (χ0) is 14.2. The van der Waals surface area contributed by atoms with Crippen LogP contribution in [0.3, 0.4) is 0 Å². The molecule has 0 N–H and O–H groups in total. The molecule has 0 aromatic heterocycles. The van der Waals surface area contributed by atoms with Crippen molar-refractivity contribution in [2.75, 3.05) is 13.2 Å². The predicted molar refractivity (Wildman–Crippen MR) is 82.5 cm³/mol. The zero-order valence-corrected chi connectivity index (χ0v) is 13.8. The van der Waals surface area contributed by atoms with E-state index in [1.807, 2.05) is 12.2 Å². The lowest BCUT2D eigenvalue weighted by molar-refractivity contribution is 0.0465. The Morgan fingerprint density at radius 1 is 1.17 bits per heavy atom. The number of hydrogen-bond acceptors (Lipinski definition) is 2. The average molecular weight is 270 g/mol. The smallest absolute Gasteiger partial charge is 0.192 e. The summed E-state index contributed by atoms with van der Waals surface area (Å²) in [5, 5.41) is 0.230. The molecule has 0 heterocycles. The number of ether oxygens (including phenoxy) is 1. The quantitative estimate of drug-likeness (QED) is 0.348. The Bertz CT molecular complexity index is 254. The van der Waals surface area contributed by atoms with E-state index in [0.29, 0.717) is 6.61 Å². The maximum Gasteiger partial charge on any atom is 0.192 e. The van der Waals surface area contributed by atoms with E-state index in [1.54, 1.807) is 0 Å². The molecule has 0 saturated carbocycles. The average Bonchev–Trinajstić information content (AvgIpc) is 2.22. The van der Waals surface area contributed by atoms with Gasteiger partial charge in [-0.15, -0.1) is 13.2 Å². The molecule has 0 fully saturated rings. The highest BCUT2D eigenvalue weighted by Crippen LogP contribution is 2.37.